The van der Waals surface area contributed by atoms with E-state index in [2.05, 4.69) is 17.9 Å². The van der Waals surface area contributed by atoms with Crippen molar-refractivity contribution in [3.63, 3.8) is 0 Å². The minimum absolute atomic E-state index is 0.105. The number of halogens is 1. The molecule has 1 aromatic rings. The highest BCUT2D eigenvalue weighted by Crippen LogP contribution is 2.20. The molecule has 3 nitrogen and oxygen atoms in total. The van der Waals surface area contributed by atoms with E-state index in [1.807, 2.05) is 0 Å². The van der Waals surface area contributed by atoms with Crippen molar-refractivity contribution < 1.29 is 9.90 Å². The van der Waals surface area contributed by atoms with E-state index in [9.17, 15) is 4.79 Å². The number of amides is 1. The van der Waals surface area contributed by atoms with E-state index in [0.29, 0.717) is 16.3 Å². The fourth-order valence-electron chi connectivity index (χ4n) is 1.00. The van der Waals surface area contributed by atoms with Crippen molar-refractivity contribution in [3.05, 3.63) is 28.8 Å². The molecule has 14 heavy (non-hydrogen) atoms. The van der Waals surface area contributed by atoms with Gasteiger partial charge in [-0.05, 0) is 18.2 Å². The third kappa shape index (κ3) is 2.90. The van der Waals surface area contributed by atoms with E-state index in [1.54, 1.807) is 18.2 Å². The van der Waals surface area contributed by atoms with E-state index >= 15 is 0 Å². The molecular weight excluding hydrogens is 222 g/mol. The Morgan fingerprint density at radius 2 is 2.29 bits per heavy atom. The molecule has 0 unspecified atom stereocenters. The number of carbonyl (C=O) groups excluding carboxylic acids is 1. The molecule has 0 bridgehead atoms. The minimum atomic E-state index is -0.217. The van der Waals surface area contributed by atoms with E-state index in [4.69, 9.17) is 16.7 Å². The molecule has 0 atom stereocenters. The highest BCUT2D eigenvalue weighted by atomic mass is 35.5. The van der Waals surface area contributed by atoms with Crippen molar-refractivity contribution in [1.29, 1.82) is 0 Å². The number of thiol groups is 1. The Kier molecular flexibility index (Phi) is 4.25. The maximum Gasteiger partial charge on any atom is 0.234 e. The Hall–Kier alpha value is -0.710. The molecule has 0 aromatic heterocycles. The number of hydrogen-bond acceptors (Lipinski definition) is 3. The number of aliphatic hydroxyl groups is 1. The quantitative estimate of drug-likeness (QED) is 0.694. The summed E-state index contributed by atoms with van der Waals surface area (Å²) < 4.78 is 0. The van der Waals surface area contributed by atoms with Crippen LogP contribution in [0.3, 0.4) is 0 Å². The maximum absolute atomic E-state index is 11.0. The first kappa shape index (κ1) is 11.4. The summed E-state index contributed by atoms with van der Waals surface area (Å²) in [5.74, 6) is -0.113. The number of benzene rings is 1. The molecule has 0 spiro atoms. The van der Waals surface area contributed by atoms with Crippen LogP contribution in [0.4, 0.5) is 5.69 Å². The smallest absolute Gasteiger partial charge is 0.234 e. The van der Waals surface area contributed by atoms with Gasteiger partial charge < -0.3 is 10.4 Å². The van der Waals surface area contributed by atoms with E-state index in [1.165, 1.54) is 0 Å². The van der Waals surface area contributed by atoms with Gasteiger partial charge >= 0.3 is 0 Å². The van der Waals surface area contributed by atoms with Crippen molar-refractivity contribution in [2.45, 2.75) is 6.61 Å². The van der Waals surface area contributed by atoms with Crippen LogP contribution in [-0.2, 0) is 11.4 Å². The molecule has 1 rings (SSSR count). The third-order valence-electron chi connectivity index (χ3n) is 1.66. The summed E-state index contributed by atoms with van der Waals surface area (Å²) in [6.45, 7) is -0.164. The Morgan fingerprint density at radius 3 is 2.86 bits per heavy atom. The van der Waals surface area contributed by atoms with Crippen LogP contribution in [0.2, 0.25) is 5.02 Å². The van der Waals surface area contributed by atoms with Crippen LogP contribution in [0.1, 0.15) is 5.56 Å². The molecule has 0 saturated heterocycles. The zero-order valence-electron chi connectivity index (χ0n) is 7.33. The molecule has 76 valence electrons. The van der Waals surface area contributed by atoms with Gasteiger partial charge in [-0.25, -0.2) is 0 Å². The van der Waals surface area contributed by atoms with Crippen LogP contribution >= 0.6 is 24.2 Å². The highest BCUT2D eigenvalue weighted by molar-refractivity contribution is 7.81. The largest absolute Gasteiger partial charge is 0.392 e. The van der Waals surface area contributed by atoms with Crippen LogP contribution in [0.25, 0.3) is 0 Å². The summed E-state index contributed by atoms with van der Waals surface area (Å²) in [7, 11) is 0. The molecule has 0 aliphatic heterocycles. The van der Waals surface area contributed by atoms with E-state index < -0.39 is 0 Å². The number of nitrogens with one attached hydrogen (secondary N) is 1. The molecule has 2 N–H and O–H groups in total. The summed E-state index contributed by atoms with van der Waals surface area (Å²) in [6, 6.07) is 4.90. The van der Waals surface area contributed by atoms with Crippen LogP contribution in [0, 0.1) is 0 Å². The van der Waals surface area contributed by atoms with Crippen molar-refractivity contribution in [2.75, 3.05) is 11.1 Å². The predicted molar refractivity (Wildman–Crippen MR) is 59.9 cm³/mol. The second kappa shape index (κ2) is 5.24. The van der Waals surface area contributed by atoms with Gasteiger partial charge in [-0.1, -0.05) is 11.6 Å². The number of hydrogen-bond donors (Lipinski definition) is 3. The molecule has 0 aliphatic rings. The van der Waals surface area contributed by atoms with Gasteiger partial charge in [0, 0.05) is 16.3 Å². The summed E-state index contributed by atoms with van der Waals surface area (Å²) in [5.41, 5.74) is 1.16. The number of rotatable bonds is 3. The zero-order valence-corrected chi connectivity index (χ0v) is 8.98. The third-order valence-corrected chi connectivity index (χ3v) is 2.18. The normalized spacial score (nSPS) is 9.93. The lowest BCUT2D eigenvalue weighted by Crippen LogP contribution is -2.14. The Morgan fingerprint density at radius 1 is 1.57 bits per heavy atom. The van der Waals surface area contributed by atoms with E-state index in [0.717, 1.165) is 0 Å². The Balaban J connectivity index is 2.90. The van der Waals surface area contributed by atoms with Crippen molar-refractivity contribution in [3.8, 4) is 0 Å². The fraction of sp³-hybridized carbons (Fsp3) is 0.222. The maximum atomic E-state index is 11.0. The van der Waals surface area contributed by atoms with Crippen LogP contribution in [0.5, 0.6) is 0 Å². The SMILES string of the molecule is O=C(CS)Nc1ccc(Cl)cc1CO. The average molecular weight is 232 g/mol. The molecular formula is C9H10ClNO2S. The van der Waals surface area contributed by atoms with Crippen molar-refractivity contribution in [2.24, 2.45) is 0 Å². The molecule has 0 radical (unpaired) electrons. The summed E-state index contributed by atoms with van der Waals surface area (Å²) in [5, 5.41) is 12.1. The Bertz CT molecular complexity index is 344. The van der Waals surface area contributed by atoms with Crippen LogP contribution < -0.4 is 5.32 Å². The van der Waals surface area contributed by atoms with Gasteiger partial charge in [0.2, 0.25) is 5.91 Å². The van der Waals surface area contributed by atoms with E-state index in [-0.39, 0.29) is 18.3 Å². The van der Waals surface area contributed by atoms with Crippen molar-refractivity contribution in [1.82, 2.24) is 0 Å². The summed E-state index contributed by atoms with van der Waals surface area (Å²) in [4.78, 5) is 11.0. The van der Waals surface area contributed by atoms with Crippen LogP contribution in [-0.4, -0.2) is 16.8 Å². The lowest BCUT2D eigenvalue weighted by atomic mass is 10.2. The molecule has 0 saturated carbocycles. The van der Waals surface area contributed by atoms with Gasteiger partial charge in [0.1, 0.15) is 0 Å². The summed E-state index contributed by atoms with van der Waals surface area (Å²) in [6.07, 6.45) is 0. The minimum Gasteiger partial charge on any atom is -0.392 e. The topological polar surface area (TPSA) is 49.3 Å². The van der Waals surface area contributed by atoms with Crippen LogP contribution in [0.15, 0.2) is 18.2 Å². The van der Waals surface area contributed by atoms with Crippen molar-refractivity contribution >= 4 is 35.8 Å². The molecule has 1 amide bonds. The molecule has 5 heteroatoms. The first-order chi connectivity index (χ1) is 6.67. The summed E-state index contributed by atoms with van der Waals surface area (Å²) >= 11 is 9.56. The second-order valence-corrected chi connectivity index (χ2v) is 3.42. The monoisotopic (exact) mass is 231 g/mol. The number of anilines is 1. The lowest BCUT2D eigenvalue weighted by molar-refractivity contribution is -0.113. The van der Waals surface area contributed by atoms with Gasteiger partial charge in [0.05, 0.1) is 12.4 Å². The zero-order chi connectivity index (χ0) is 10.6. The molecule has 0 aliphatic carbocycles. The number of aliphatic hydroxyl groups excluding tert-OH is 1. The fourth-order valence-corrected chi connectivity index (χ4v) is 1.28. The first-order valence-electron chi connectivity index (χ1n) is 3.97. The highest BCUT2D eigenvalue weighted by Gasteiger charge is 2.05. The van der Waals surface area contributed by atoms with Gasteiger partial charge in [0.25, 0.3) is 0 Å². The lowest BCUT2D eigenvalue weighted by Gasteiger charge is -2.08. The number of carbonyl (C=O) groups is 1. The standard InChI is InChI=1S/C9H10ClNO2S/c10-7-1-2-8(6(3-7)4-12)11-9(13)5-14/h1-3,12,14H,4-5H2,(H,11,13). The van der Waals surface area contributed by atoms with Gasteiger partial charge in [-0.15, -0.1) is 0 Å². The Labute approximate surface area is 92.5 Å². The second-order valence-electron chi connectivity index (χ2n) is 2.67. The average Bonchev–Trinajstić information content (AvgIpc) is 2.20. The molecule has 0 fully saturated rings. The predicted octanol–water partition coefficient (Wildman–Crippen LogP) is 1.70. The van der Waals surface area contributed by atoms with Gasteiger partial charge in [-0.3, -0.25) is 4.79 Å². The molecule has 1 aromatic carbocycles. The van der Waals surface area contributed by atoms with Gasteiger partial charge in [-0.2, -0.15) is 12.6 Å². The first-order valence-corrected chi connectivity index (χ1v) is 4.98. The van der Waals surface area contributed by atoms with Gasteiger partial charge in [0.15, 0.2) is 0 Å². The molecule has 0 heterocycles.